The molecule has 2 nitrogen and oxygen atoms in total. The molecule has 1 N–H and O–H groups in total. The maximum Gasteiger partial charge on any atom is 0.0605 e. The van der Waals surface area contributed by atoms with E-state index in [4.69, 9.17) is 0 Å². The normalized spacial score (nSPS) is 18.6. The third kappa shape index (κ3) is 2.62. The molecule has 3 rings (SSSR count). The van der Waals surface area contributed by atoms with Crippen molar-refractivity contribution in [1.82, 2.24) is 10.3 Å². The molecule has 2 aromatic heterocycles. The van der Waals surface area contributed by atoms with Gasteiger partial charge in [0.1, 0.15) is 0 Å². The summed E-state index contributed by atoms with van der Waals surface area (Å²) in [5.41, 5.74) is 4.13. The van der Waals surface area contributed by atoms with Crippen LogP contribution in [-0.2, 0) is 12.8 Å². The van der Waals surface area contributed by atoms with Crippen LogP contribution >= 0.6 is 11.3 Å². The zero-order valence-electron chi connectivity index (χ0n) is 10.4. The molecule has 0 saturated carbocycles. The maximum atomic E-state index is 4.56. The summed E-state index contributed by atoms with van der Waals surface area (Å²) < 4.78 is 0. The quantitative estimate of drug-likeness (QED) is 0.909. The Labute approximate surface area is 112 Å². The molecule has 0 aromatic carbocycles. The number of hydrogen-bond acceptors (Lipinski definition) is 3. The van der Waals surface area contributed by atoms with Crippen LogP contribution in [0.1, 0.15) is 35.7 Å². The minimum absolute atomic E-state index is 0.452. The molecule has 94 valence electrons. The first-order valence-electron chi connectivity index (χ1n) is 6.62. The van der Waals surface area contributed by atoms with Gasteiger partial charge in [0.05, 0.1) is 5.69 Å². The lowest BCUT2D eigenvalue weighted by Gasteiger charge is -2.25. The highest BCUT2D eigenvalue weighted by molar-refractivity contribution is 7.07. The van der Waals surface area contributed by atoms with Crippen LogP contribution in [-0.4, -0.2) is 11.5 Å². The lowest BCUT2D eigenvalue weighted by atomic mass is 9.92. The molecular formula is C15H18N2S. The second-order valence-electron chi connectivity index (χ2n) is 4.83. The van der Waals surface area contributed by atoms with Crippen LogP contribution in [0.3, 0.4) is 0 Å². The van der Waals surface area contributed by atoms with Gasteiger partial charge in [-0.1, -0.05) is 6.07 Å². The largest absolute Gasteiger partial charge is 0.308 e. The number of fused-ring (bicyclic) bond motifs is 1. The Bertz CT molecular complexity index is 493. The maximum absolute atomic E-state index is 4.56. The summed E-state index contributed by atoms with van der Waals surface area (Å²) in [5.74, 6) is 0. The van der Waals surface area contributed by atoms with E-state index in [2.05, 4.69) is 33.2 Å². The number of aromatic nitrogens is 1. The van der Waals surface area contributed by atoms with E-state index in [0.29, 0.717) is 6.04 Å². The van der Waals surface area contributed by atoms with Gasteiger partial charge >= 0.3 is 0 Å². The minimum atomic E-state index is 0.452. The van der Waals surface area contributed by atoms with Gasteiger partial charge in [0, 0.05) is 12.2 Å². The van der Waals surface area contributed by atoms with Gasteiger partial charge in [-0.3, -0.25) is 4.98 Å². The molecule has 0 saturated heterocycles. The van der Waals surface area contributed by atoms with Crippen molar-refractivity contribution in [3.63, 3.8) is 0 Å². The van der Waals surface area contributed by atoms with Crippen molar-refractivity contribution in [3.8, 4) is 0 Å². The van der Waals surface area contributed by atoms with E-state index in [1.165, 1.54) is 36.1 Å². The number of hydrogen-bond donors (Lipinski definition) is 1. The highest BCUT2D eigenvalue weighted by atomic mass is 32.1. The third-order valence-electron chi connectivity index (χ3n) is 3.58. The number of nitrogens with one attached hydrogen (secondary N) is 1. The molecular weight excluding hydrogens is 240 g/mol. The molecule has 1 aliphatic carbocycles. The Morgan fingerprint density at radius 3 is 3.28 bits per heavy atom. The average Bonchev–Trinajstić information content (AvgIpc) is 2.92. The number of pyridine rings is 1. The Morgan fingerprint density at radius 2 is 2.39 bits per heavy atom. The van der Waals surface area contributed by atoms with Crippen molar-refractivity contribution in [2.24, 2.45) is 0 Å². The molecule has 1 unspecified atom stereocenters. The standard InChI is InChI=1S/C15H18N2S/c1-3-13-4-2-8-17-15(13)14(5-1)16-9-6-12-7-10-18-11-12/h2,4,7-8,10-11,14,16H,1,3,5-6,9H2. The van der Waals surface area contributed by atoms with Crippen LogP contribution in [0.4, 0.5) is 0 Å². The fraction of sp³-hybridized carbons (Fsp3) is 0.400. The Balaban J connectivity index is 1.60. The van der Waals surface area contributed by atoms with E-state index >= 15 is 0 Å². The van der Waals surface area contributed by atoms with E-state index in [0.717, 1.165) is 13.0 Å². The first-order valence-corrected chi connectivity index (χ1v) is 7.56. The lowest BCUT2D eigenvalue weighted by Crippen LogP contribution is -2.27. The van der Waals surface area contributed by atoms with Gasteiger partial charge in [-0.15, -0.1) is 0 Å². The van der Waals surface area contributed by atoms with E-state index in [1.807, 2.05) is 12.3 Å². The molecule has 0 spiro atoms. The van der Waals surface area contributed by atoms with E-state index in [9.17, 15) is 0 Å². The van der Waals surface area contributed by atoms with E-state index in [-0.39, 0.29) is 0 Å². The van der Waals surface area contributed by atoms with Crippen molar-refractivity contribution in [1.29, 1.82) is 0 Å². The molecule has 1 atom stereocenters. The Hall–Kier alpha value is -1.19. The molecule has 2 aromatic rings. The zero-order chi connectivity index (χ0) is 12.2. The molecule has 1 aliphatic rings. The molecule has 0 amide bonds. The summed E-state index contributed by atoms with van der Waals surface area (Å²) in [6, 6.07) is 6.93. The van der Waals surface area contributed by atoms with Crippen LogP contribution in [0.15, 0.2) is 35.2 Å². The first kappa shape index (κ1) is 11.9. The van der Waals surface area contributed by atoms with Crippen molar-refractivity contribution >= 4 is 11.3 Å². The van der Waals surface area contributed by atoms with Gasteiger partial charge in [-0.25, -0.2) is 0 Å². The topological polar surface area (TPSA) is 24.9 Å². The summed E-state index contributed by atoms with van der Waals surface area (Å²) in [6.07, 6.45) is 6.70. The fourth-order valence-electron chi connectivity index (χ4n) is 2.63. The highest BCUT2D eigenvalue weighted by Gasteiger charge is 2.20. The summed E-state index contributed by atoms with van der Waals surface area (Å²) in [7, 11) is 0. The SMILES string of the molecule is c1cnc2c(c1)CCCC2NCCc1ccsc1. The van der Waals surface area contributed by atoms with Crippen molar-refractivity contribution in [3.05, 3.63) is 52.0 Å². The molecule has 2 heterocycles. The lowest BCUT2D eigenvalue weighted by molar-refractivity contribution is 0.451. The molecule has 0 aliphatic heterocycles. The van der Waals surface area contributed by atoms with Crippen LogP contribution in [0.2, 0.25) is 0 Å². The number of rotatable bonds is 4. The minimum Gasteiger partial charge on any atom is -0.308 e. The van der Waals surface area contributed by atoms with Crippen molar-refractivity contribution in [2.75, 3.05) is 6.54 Å². The van der Waals surface area contributed by atoms with Crippen LogP contribution in [0, 0.1) is 0 Å². The van der Waals surface area contributed by atoms with Gasteiger partial charge in [0.25, 0.3) is 0 Å². The summed E-state index contributed by atoms with van der Waals surface area (Å²) in [6.45, 7) is 1.04. The van der Waals surface area contributed by atoms with Gasteiger partial charge in [-0.05, 0) is 66.2 Å². The smallest absolute Gasteiger partial charge is 0.0605 e. The number of nitrogens with zero attached hydrogens (tertiary/aromatic N) is 1. The first-order chi connectivity index (χ1) is 8.93. The van der Waals surface area contributed by atoms with Gasteiger partial charge in [0.2, 0.25) is 0 Å². The number of thiophene rings is 1. The predicted octanol–water partition coefficient (Wildman–Crippen LogP) is 3.35. The second-order valence-corrected chi connectivity index (χ2v) is 5.61. The third-order valence-corrected chi connectivity index (χ3v) is 4.31. The molecule has 18 heavy (non-hydrogen) atoms. The summed E-state index contributed by atoms with van der Waals surface area (Å²) in [5, 5.41) is 8.03. The molecule has 0 bridgehead atoms. The summed E-state index contributed by atoms with van der Waals surface area (Å²) >= 11 is 1.77. The van der Waals surface area contributed by atoms with Crippen molar-refractivity contribution in [2.45, 2.75) is 31.7 Å². The highest BCUT2D eigenvalue weighted by Crippen LogP contribution is 2.27. The van der Waals surface area contributed by atoms with Crippen molar-refractivity contribution < 1.29 is 0 Å². The van der Waals surface area contributed by atoms with Crippen LogP contribution < -0.4 is 5.32 Å². The fourth-order valence-corrected chi connectivity index (χ4v) is 3.34. The Morgan fingerprint density at radius 1 is 1.39 bits per heavy atom. The van der Waals surface area contributed by atoms with Crippen LogP contribution in [0.25, 0.3) is 0 Å². The van der Waals surface area contributed by atoms with E-state index < -0.39 is 0 Å². The van der Waals surface area contributed by atoms with E-state index in [1.54, 1.807) is 11.3 Å². The van der Waals surface area contributed by atoms with Gasteiger partial charge in [-0.2, -0.15) is 11.3 Å². The Kier molecular flexibility index (Phi) is 3.72. The van der Waals surface area contributed by atoms with Gasteiger partial charge in [0.15, 0.2) is 0 Å². The second kappa shape index (κ2) is 5.63. The molecule has 0 radical (unpaired) electrons. The summed E-state index contributed by atoms with van der Waals surface area (Å²) in [4.78, 5) is 4.56. The molecule has 3 heteroatoms. The van der Waals surface area contributed by atoms with Crippen LogP contribution in [0.5, 0.6) is 0 Å². The average molecular weight is 258 g/mol. The predicted molar refractivity (Wildman–Crippen MR) is 75.9 cm³/mol. The monoisotopic (exact) mass is 258 g/mol. The molecule has 0 fully saturated rings. The van der Waals surface area contributed by atoms with Gasteiger partial charge < -0.3 is 5.32 Å². The number of aryl methyl sites for hydroxylation is 1. The zero-order valence-corrected chi connectivity index (χ0v) is 11.2.